The van der Waals surface area contributed by atoms with Crippen molar-refractivity contribution in [1.29, 1.82) is 0 Å². The molecule has 0 aromatic carbocycles. The summed E-state index contributed by atoms with van der Waals surface area (Å²) >= 11 is 0. The molecule has 166 valence electrons. The summed E-state index contributed by atoms with van der Waals surface area (Å²) < 4.78 is 10.0. The minimum Gasteiger partial charge on any atom is -0.473 e. The Morgan fingerprint density at radius 3 is 2.43 bits per heavy atom. The molecule has 2 bridgehead atoms. The number of amides is 1. The highest BCUT2D eigenvalue weighted by atomic mass is 16.6. The van der Waals surface area contributed by atoms with Crippen LogP contribution in [0, 0.1) is 11.8 Å². The zero-order valence-electron chi connectivity index (χ0n) is 17.6. The number of carbonyl (C=O) groups excluding carboxylic acids is 2. The molecule has 3 fully saturated rings. The number of rotatable bonds is 8. The van der Waals surface area contributed by atoms with Crippen LogP contribution < -0.4 is 4.90 Å². The molecule has 1 N–H and O–H groups in total. The van der Waals surface area contributed by atoms with Gasteiger partial charge in [-0.2, -0.15) is 4.98 Å². The van der Waals surface area contributed by atoms with E-state index in [1.54, 1.807) is 0 Å². The van der Waals surface area contributed by atoms with Crippen molar-refractivity contribution in [3.63, 3.8) is 0 Å². The Labute approximate surface area is 175 Å². The smallest absolute Gasteiger partial charge is 0.426 e. The van der Waals surface area contributed by atoms with Crippen molar-refractivity contribution >= 4 is 24.0 Å². The van der Waals surface area contributed by atoms with E-state index in [1.807, 2.05) is 0 Å². The van der Waals surface area contributed by atoms with E-state index in [9.17, 15) is 14.4 Å². The van der Waals surface area contributed by atoms with E-state index in [0.717, 1.165) is 63.1 Å². The number of anilines is 1. The normalized spacial score (nSPS) is 22.8. The van der Waals surface area contributed by atoms with E-state index < -0.39 is 18.0 Å². The number of carboxylic acids is 1. The highest BCUT2D eigenvalue weighted by Crippen LogP contribution is 2.38. The first kappa shape index (κ1) is 22.2. The predicted octanol–water partition coefficient (Wildman–Crippen LogP) is 2.65. The molecule has 0 radical (unpaired) electrons. The number of fused-ring (bicyclic) bond motifs is 3. The van der Waals surface area contributed by atoms with Gasteiger partial charge in [0.1, 0.15) is 0 Å². The topological polar surface area (TPSA) is 126 Å². The van der Waals surface area contributed by atoms with Crippen LogP contribution in [0.5, 0.6) is 0 Å². The Bertz CT molecular complexity index is 752. The summed E-state index contributed by atoms with van der Waals surface area (Å²) in [5.41, 5.74) is 0. The number of carboxylic acid groups (broad SMARTS) is 1. The third kappa shape index (κ3) is 5.16. The molecule has 3 aliphatic heterocycles. The van der Waals surface area contributed by atoms with Crippen molar-refractivity contribution in [3.05, 3.63) is 5.89 Å². The van der Waals surface area contributed by atoms with Gasteiger partial charge in [0.2, 0.25) is 5.89 Å². The molecular formula is C20H30N4O6. The number of hydrogen-bond donors (Lipinski definition) is 1. The second-order valence-corrected chi connectivity index (χ2v) is 8.19. The Kier molecular flexibility index (Phi) is 7.41. The van der Waals surface area contributed by atoms with Crippen LogP contribution in [0.3, 0.4) is 0 Å². The van der Waals surface area contributed by atoms with Gasteiger partial charge in [0.25, 0.3) is 5.95 Å². The molecule has 1 aromatic rings. The lowest BCUT2D eigenvalue weighted by Crippen LogP contribution is -2.46. The largest absolute Gasteiger partial charge is 0.473 e. The zero-order valence-corrected chi connectivity index (χ0v) is 17.6. The minimum atomic E-state index is -1.83. The Morgan fingerprint density at radius 1 is 1.23 bits per heavy atom. The second-order valence-electron chi connectivity index (χ2n) is 8.19. The van der Waals surface area contributed by atoms with Gasteiger partial charge in [-0.1, -0.05) is 26.7 Å². The van der Waals surface area contributed by atoms with Crippen molar-refractivity contribution in [2.24, 2.45) is 11.8 Å². The van der Waals surface area contributed by atoms with E-state index in [1.165, 1.54) is 0 Å². The summed E-state index contributed by atoms with van der Waals surface area (Å²) in [6, 6.07) is 0. The fourth-order valence-corrected chi connectivity index (χ4v) is 4.55. The lowest BCUT2D eigenvalue weighted by molar-refractivity contribution is -0.159. The molecule has 0 spiro atoms. The van der Waals surface area contributed by atoms with Crippen molar-refractivity contribution in [2.75, 3.05) is 31.1 Å². The minimum absolute atomic E-state index is 0.0156. The van der Waals surface area contributed by atoms with Gasteiger partial charge in [0.05, 0.1) is 5.92 Å². The summed E-state index contributed by atoms with van der Waals surface area (Å²) in [6.07, 6.45) is 4.66. The number of aliphatic carboxylic acids is 1. The highest BCUT2D eigenvalue weighted by molar-refractivity contribution is 6.30. The molecular weight excluding hydrogens is 392 g/mol. The summed E-state index contributed by atoms with van der Waals surface area (Å²) in [5, 5.41) is 12.8. The van der Waals surface area contributed by atoms with Crippen LogP contribution in [0.15, 0.2) is 4.52 Å². The van der Waals surface area contributed by atoms with E-state index in [4.69, 9.17) is 9.63 Å². The van der Waals surface area contributed by atoms with E-state index in [0.29, 0.717) is 11.8 Å². The molecule has 0 saturated carbocycles. The monoisotopic (exact) mass is 422 g/mol. The quantitative estimate of drug-likeness (QED) is 0.382. The second kappa shape index (κ2) is 10.0. The summed E-state index contributed by atoms with van der Waals surface area (Å²) in [7, 11) is 0. The SMILES string of the molecule is CCCC(CCC)CN(C(=O)OC(=O)C(=O)O)c1noc(C2CN3CCC2CC3)n1. The van der Waals surface area contributed by atoms with Crippen LogP contribution in [0.2, 0.25) is 0 Å². The average molecular weight is 422 g/mol. The fourth-order valence-electron chi connectivity index (χ4n) is 4.55. The van der Waals surface area contributed by atoms with Crippen LogP contribution in [0.4, 0.5) is 10.7 Å². The van der Waals surface area contributed by atoms with Crippen LogP contribution >= 0.6 is 0 Å². The van der Waals surface area contributed by atoms with Crippen molar-refractivity contribution in [1.82, 2.24) is 15.0 Å². The lowest BCUT2D eigenvalue weighted by atomic mass is 9.79. The third-order valence-corrected chi connectivity index (χ3v) is 6.06. The molecule has 1 aromatic heterocycles. The van der Waals surface area contributed by atoms with Gasteiger partial charge < -0.3 is 19.3 Å². The lowest BCUT2D eigenvalue weighted by Gasteiger charge is -2.43. The standard InChI is InChI=1S/C20H30N4O6/c1-3-5-13(6-4-2)11-24(20(28)29-18(27)17(25)26)19-21-16(30-22-19)15-12-23-9-7-14(15)8-10-23/h13-15H,3-12H2,1-2H3,(H,25,26). The molecule has 1 amide bonds. The Balaban J connectivity index is 1.80. The van der Waals surface area contributed by atoms with Gasteiger partial charge in [-0.15, -0.1) is 0 Å². The maximum Gasteiger partial charge on any atom is 0.426 e. The molecule has 4 rings (SSSR count). The summed E-state index contributed by atoms with van der Waals surface area (Å²) in [5.74, 6) is -2.23. The number of piperidine rings is 3. The number of carbonyl (C=O) groups is 3. The van der Waals surface area contributed by atoms with E-state index in [2.05, 4.69) is 33.6 Å². The number of ether oxygens (including phenoxy) is 1. The van der Waals surface area contributed by atoms with Crippen LogP contribution in [-0.2, 0) is 14.3 Å². The first-order chi connectivity index (χ1) is 14.4. The van der Waals surface area contributed by atoms with Crippen molar-refractivity contribution < 1.29 is 28.8 Å². The molecule has 10 heteroatoms. The van der Waals surface area contributed by atoms with Gasteiger partial charge in [-0.05, 0) is 55.8 Å². The molecule has 4 heterocycles. The summed E-state index contributed by atoms with van der Waals surface area (Å²) in [6.45, 7) is 7.34. The molecule has 1 unspecified atom stereocenters. The van der Waals surface area contributed by atoms with Crippen LogP contribution in [-0.4, -0.2) is 64.4 Å². The number of esters is 1. The molecule has 30 heavy (non-hydrogen) atoms. The predicted molar refractivity (Wildman–Crippen MR) is 106 cm³/mol. The van der Waals surface area contributed by atoms with E-state index in [-0.39, 0.29) is 24.3 Å². The molecule has 1 atom stereocenters. The third-order valence-electron chi connectivity index (χ3n) is 6.06. The van der Waals surface area contributed by atoms with Gasteiger partial charge >= 0.3 is 18.0 Å². The average Bonchev–Trinajstić information content (AvgIpc) is 3.22. The van der Waals surface area contributed by atoms with Crippen molar-refractivity contribution in [2.45, 2.75) is 58.3 Å². The first-order valence-electron chi connectivity index (χ1n) is 10.7. The Hall–Kier alpha value is -2.49. The zero-order chi connectivity index (χ0) is 21.7. The maximum atomic E-state index is 12.6. The first-order valence-corrected chi connectivity index (χ1v) is 10.7. The van der Waals surface area contributed by atoms with Gasteiger partial charge in [-0.3, -0.25) is 0 Å². The van der Waals surface area contributed by atoms with Gasteiger partial charge in [-0.25, -0.2) is 19.3 Å². The molecule has 3 saturated heterocycles. The fraction of sp³-hybridized carbons (Fsp3) is 0.750. The number of aromatic nitrogens is 2. The maximum absolute atomic E-state index is 12.6. The van der Waals surface area contributed by atoms with E-state index >= 15 is 0 Å². The van der Waals surface area contributed by atoms with Crippen molar-refractivity contribution in [3.8, 4) is 0 Å². The Morgan fingerprint density at radius 2 is 1.90 bits per heavy atom. The number of hydrogen-bond acceptors (Lipinski definition) is 8. The molecule has 3 aliphatic rings. The number of nitrogens with zero attached hydrogens (tertiary/aromatic N) is 4. The molecule has 10 nitrogen and oxygen atoms in total. The van der Waals surface area contributed by atoms with Gasteiger partial charge in [0, 0.05) is 13.1 Å². The highest BCUT2D eigenvalue weighted by Gasteiger charge is 2.39. The van der Waals surface area contributed by atoms with Gasteiger partial charge in [0.15, 0.2) is 0 Å². The van der Waals surface area contributed by atoms with Crippen LogP contribution in [0.25, 0.3) is 0 Å². The van der Waals surface area contributed by atoms with Crippen LogP contribution in [0.1, 0.15) is 64.2 Å². The summed E-state index contributed by atoms with van der Waals surface area (Å²) in [4.78, 5) is 42.8. The molecule has 0 aliphatic carbocycles.